The standard InChI is InChI=1S/C26H28N4O5S/c1-15(31)28-26-29-20-7-5-6-19(24(33)25(20)36-26)23(32)16-9-11-22(27-13-16)30(2)14-17-8-10-18(34-3)12-21(17)35-4/h8-13,19H,5-7,14H2,1-4H3,(H,28,29,31). The third-order valence-electron chi connectivity index (χ3n) is 6.07. The molecule has 0 saturated carbocycles. The minimum absolute atomic E-state index is 0.241. The lowest BCUT2D eigenvalue weighted by atomic mass is 9.91. The van der Waals surface area contributed by atoms with Gasteiger partial charge in [0.25, 0.3) is 0 Å². The van der Waals surface area contributed by atoms with E-state index in [1.54, 1.807) is 26.4 Å². The maximum Gasteiger partial charge on any atom is 0.223 e. The molecule has 1 aliphatic carbocycles. The van der Waals surface area contributed by atoms with Gasteiger partial charge < -0.3 is 19.7 Å². The van der Waals surface area contributed by atoms with E-state index >= 15 is 0 Å². The number of anilines is 2. The Morgan fingerprint density at radius 3 is 2.67 bits per heavy atom. The fraction of sp³-hybridized carbons (Fsp3) is 0.346. The summed E-state index contributed by atoms with van der Waals surface area (Å²) in [6.45, 7) is 1.93. The van der Waals surface area contributed by atoms with Gasteiger partial charge in [-0.15, -0.1) is 0 Å². The Morgan fingerprint density at radius 2 is 2.00 bits per heavy atom. The fourth-order valence-electron chi connectivity index (χ4n) is 4.21. The van der Waals surface area contributed by atoms with Crippen LogP contribution in [-0.2, 0) is 17.8 Å². The number of pyridine rings is 1. The third kappa shape index (κ3) is 5.38. The number of benzene rings is 1. The highest BCUT2D eigenvalue weighted by molar-refractivity contribution is 7.17. The first-order valence-electron chi connectivity index (χ1n) is 11.5. The molecule has 0 radical (unpaired) electrons. The van der Waals surface area contributed by atoms with E-state index in [4.69, 9.17) is 9.47 Å². The molecule has 1 amide bonds. The summed E-state index contributed by atoms with van der Waals surface area (Å²) in [6.07, 6.45) is 3.23. The lowest BCUT2D eigenvalue weighted by Gasteiger charge is -2.20. The number of hydrogen-bond acceptors (Lipinski definition) is 9. The molecule has 3 aromatic rings. The highest BCUT2D eigenvalue weighted by atomic mass is 32.1. The smallest absolute Gasteiger partial charge is 0.223 e. The predicted molar refractivity (Wildman–Crippen MR) is 137 cm³/mol. The average Bonchev–Trinajstić information content (AvgIpc) is 3.21. The SMILES string of the molecule is COc1ccc(CN(C)c2ccc(C(=O)C3CCCc4nc(NC(C)=O)sc4C3=O)cn2)c(OC)c1. The normalized spacial score (nSPS) is 15.0. The quantitative estimate of drug-likeness (QED) is 0.274. The number of nitrogens with zero attached hydrogens (tertiary/aromatic N) is 3. The first-order valence-corrected chi connectivity index (χ1v) is 12.4. The highest BCUT2D eigenvalue weighted by Crippen LogP contribution is 2.33. The Morgan fingerprint density at radius 1 is 1.19 bits per heavy atom. The number of hydrogen-bond donors (Lipinski definition) is 1. The van der Waals surface area contributed by atoms with Crippen molar-refractivity contribution in [2.45, 2.75) is 32.7 Å². The second kappa shape index (κ2) is 10.9. The van der Waals surface area contributed by atoms with E-state index in [0.717, 1.165) is 16.9 Å². The Bertz CT molecular complexity index is 1290. The summed E-state index contributed by atoms with van der Waals surface area (Å²) >= 11 is 1.13. The van der Waals surface area contributed by atoms with E-state index < -0.39 is 5.92 Å². The van der Waals surface area contributed by atoms with Crippen LogP contribution in [0.2, 0.25) is 0 Å². The van der Waals surface area contributed by atoms with Crippen LogP contribution in [0.3, 0.4) is 0 Å². The Labute approximate surface area is 213 Å². The number of methoxy groups -OCH3 is 2. The van der Waals surface area contributed by atoms with Crippen molar-refractivity contribution >= 4 is 39.8 Å². The Kier molecular flexibility index (Phi) is 7.64. The molecule has 1 atom stereocenters. The molecule has 36 heavy (non-hydrogen) atoms. The van der Waals surface area contributed by atoms with Gasteiger partial charge >= 0.3 is 0 Å². The first-order chi connectivity index (χ1) is 17.3. The molecule has 0 bridgehead atoms. The van der Waals surface area contributed by atoms with Crippen molar-refractivity contribution in [2.75, 3.05) is 31.5 Å². The number of ketones is 2. The van der Waals surface area contributed by atoms with E-state index in [1.165, 1.54) is 13.1 Å². The molecular formula is C26H28N4O5S. The number of carbonyl (C=O) groups excluding carboxylic acids is 3. The van der Waals surface area contributed by atoms with Crippen molar-refractivity contribution in [3.05, 3.63) is 58.2 Å². The van der Waals surface area contributed by atoms with Crippen LogP contribution in [0.4, 0.5) is 10.9 Å². The van der Waals surface area contributed by atoms with E-state index in [0.29, 0.717) is 64.4 Å². The summed E-state index contributed by atoms with van der Waals surface area (Å²) < 4.78 is 10.7. The molecule has 9 nitrogen and oxygen atoms in total. The summed E-state index contributed by atoms with van der Waals surface area (Å²) in [7, 11) is 5.12. The molecule has 0 aliphatic heterocycles. The minimum Gasteiger partial charge on any atom is -0.497 e. The second-order valence-electron chi connectivity index (χ2n) is 8.59. The topological polar surface area (TPSA) is 111 Å². The van der Waals surface area contributed by atoms with Crippen LogP contribution >= 0.6 is 11.3 Å². The zero-order valence-electron chi connectivity index (χ0n) is 20.7. The molecule has 4 rings (SSSR count). The van der Waals surface area contributed by atoms with Gasteiger partial charge in [0, 0.05) is 43.9 Å². The molecule has 1 N–H and O–H groups in total. The van der Waals surface area contributed by atoms with Crippen molar-refractivity contribution in [1.82, 2.24) is 9.97 Å². The summed E-state index contributed by atoms with van der Waals surface area (Å²) in [6, 6.07) is 9.13. The van der Waals surface area contributed by atoms with Crippen LogP contribution in [0.25, 0.3) is 0 Å². The Hall–Kier alpha value is -3.79. The van der Waals surface area contributed by atoms with Crippen molar-refractivity contribution in [1.29, 1.82) is 0 Å². The summed E-state index contributed by atoms with van der Waals surface area (Å²) in [5.74, 6) is 0.580. The number of Topliss-reactive ketones (excluding diaryl/α,β-unsaturated/α-hetero) is 2. The van der Waals surface area contributed by atoms with Gasteiger partial charge in [-0.05, 0) is 43.5 Å². The average molecular weight is 509 g/mol. The molecule has 1 aromatic carbocycles. The molecule has 1 unspecified atom stereocenters. The van der Waals surface area contributed by atoms with Crippen molar-refractivity contribution in [3.8, 4) is 11.5 Å². The molecule has 10 heteroatoms. The zero-order valence-corrected chi connectivity index (χ0v) is 21.5. The number of fused-ring (bicyclic) bond motifs is 1. The predicted octanol–water partition coefficient (Wildman–Crippen LogP) is 4.17. The minimum atomic E-state index is -0.786. The summed E-state index contributed by atoms with van der Waals surface area (Å²) in [4.78, 5) is 49.1. The molecule has 1 aliphatic rings. The van der Waals surface area contributed by atoms with Crippen molar-refractivity contribution < 1.29 is 23.9 Å². The number of ether oxygens (including phenoxy) is 2. The van der Waals surface area contributed by atoms with Gasteiger partial charge in [0.15, 0.2) is 16.7 Å². The summed E-state index contributed by atoms with van der Waals surface area (Å²) in [5, 5.41) is 3.01. The third-order valence-corrected chi connectivity index (χ3v) is 7.10. The molecule has 0 saturated heterocycles. The number of carbonyl (C=O) groups is 3. The number of thiazole rings is 1. The zero-order chi connectivity index (χ0) is 25.8. The van der Waals surface area contributed by atoms with Gasteiger partial charge in [0.1, 0.15) is 17.3 Å². The highest BCUT2D eigenvalue weighted by Gasteiger charge is 2.34. The fourth-order valence-corrected chi connectivity index (χ4v) is 5.26. The lowest BCUT2D eigenvalue weighted by molar-refractivity contribution is -0.114. The van der Waals surface area contributed by atoms with Crippen molar-refractivity contribution in [3.63, 3.8) is 0 Å². The van der Waals surface area contributed by atoms with Gasteiger partial charge in [0.05, 0.1) is 30.7 Å². The van der Waals surface area contributed by atoms with Gasteiger partial charge in [-0.25, -0.2) is 9.97 Å². The lowest BCUT2D eigenvalue weighted by Crippen LogP contribution is -2.24. The molecular weight excluding hydrogens is 480 g/mol. The van der Waals surface area contributed by atoms with Crippen LogP contribution in [0.15, 0.2) is 36.5 Å². The molecule has 0 spiro atoms. The number of amides is 1. The molecule has 188 valence electrons. The van der Waals surface area contributed by atoms with Crippen LogP contribution in [0.1, 0.15) is 51.1 Å². The Balaban J connectivity index is 1.48. The molecule has 2 heterocycles. The molecule has 2 aromatic heterocycles. The van der Waals surface area contributed by atoms with Crippen LogP contribution in [0.5, 0.6) is 11.5 Å². The largest absolute Gasteiger partial charge is 0.497 e. The summed E-state index contributed by atoms with van der Waals surface area (Å²) in [5.41, 5.74) is 2.00. The first kappa shape index (κ1) is 25.3. The van der Waals surface area contributed by atoms with Crippen LogP contribution in [0, 0.1) is 5.92 Å². The van der Waals surface area contributed by atoms with E-state index in [9.17, 15) is 14.4 Å². The van der Waals surface area contributed by atoms with Gasteiger partial charge in [0.2, 0.25) is 5.91 Å². The van der Waals surface area contributed by atoms with E-state index in [-0.39, 0.29) is 17.5 Å². The van der Waals surface area contributed by atoms with Gasteiger partial charge in [-0.3, -0.25) is 14.4 Å². The van der Waals surface area contributed by atoms with Gasteiger partial charge in [-0.2, -0.15) is 0 Å². The van der Waals surface area contributed by atoms with Crippen molar-refractivity contribution in [2.24, 2.45) is 5.92 Å². The maximum absolute atomic E-state index is 13.3. The van der Waals surface area contributed by atoms with E-state index in [2.05, 4.69) is 15.3 Å². The number of aryl methyl sites for hydroxylation is 1. The van der Waals surface area contributed by atoms with Crippen LogP contribution < -0.4 is 19.7 Å². The monoisotopic (exact) mass is 508 g/mol. The number of rotatable bonds is 8. The molecule has 0 fully saturated rings. The number of aromatic nitrogens is 2. The van der Waals surface area contributed by atoms with E-state index in [1.807, 2.05) is 30.1 Å². The van der Waals surface area contributed by atoms with Gasteiger partial charge in [-0.1, -0.05) is 11.3 Å². The second-order valence-corrected chi connectivity index (χ2v) is 9.59. The number of nitrogens with one attached hydrogen (secondary N) is 1. The van der Waals surface area contributed by atoms with Crippen LogP contribution in [-0.4, -0.2) is 48.7 Å². The maximum atomic E-state index is 13.3.